The summed E-state index contributed by atoms with van der Waals surface area (Å²) in [5.74, 6) is 0. The Morgan fingerprint density at radius 1 is 1.03 bits per heavy atom. The molecule has 0 bridgehead atoms. The van der Waals surface area contributed by atoms with Crippen LogP contribution in [-0.4, -0.2) is 33.9 Å². The molecule has 1 saturated heterocycles. The third-order valence-electron chi connectivity index (χ3n) is 6.68. The highest BCUT2D eigenvalue weighted by Crippen LogP contribution is 2.48. The Morgan fingerprint density at radius 3 is 2.00 bits per heavy atom. The van der Waals surface area contributed by atoms with Gasteiger partial charge in [0.2, 0.25) is 10.0 Å². The summed E-state index contributed by atoms with van der Waals surface area (Å²) in [6.07, 6.45) is 1.59. The van der Waals surface area contributed by atoms with E-state index < -0.39 is 18.1 Å². The van der Waals surface area contributed by atoms with E-state index in [1.165, 1.54) is 0 Å². The maximum atomic E-state index is 13.2. The molecule has 0 N–H and O–H groups in total. The molecule has 0 atom stereocenters. The Bertz CT molecular complexity index is 872. The summed E-state index contributed by atoms with van der Waals surface area (Å²) < 4.78 is 28.1. The van der Waals surface area contributed by atoms with Crippen LogP contribution in [0.25, 0.3) is 0 Å². The van der Waals surface area contributed by atoms with Gasteiger partial charge in [0.1, 0.15) is 8.07 Å². The number of piperidine rings is 1. The Morgan fingerprint density at radius 2 is 1.55 bits per heavy atom. The highest BCUT2D eigenvalue weighted by Gasteiger charge is 2.48. The Kier molecular flexibility index (Phi) is 7.53. The van der Waals surface area contributed by atoms with Gasteiger partial charge in [-0.25, -0.2) is 8.42 Å². The average molecular weight is 433 g/mol. The number of nitriles is 1. The first kappa shape index (κ1) is 23.9. The van der Waals surface area contributed by atoms with Crippen LogP contribution in [-0.2, 0) is 10.0 Å². The van der Waals surface area contributed by atoms with E-state index in [9.17, 15) is 13.7 Å². The first-order valence-electron chi connectivity index (χ1n) is 10.7. The molecule has 0 spiro atoms. The van der Waals surface area contributed by atoms with Gasteiger partial charge in [-0.3, -0.25) is 0 Å². The maximum Gasteiger partial charge on any atom is 0.243 e. The monoisotopic (exact) mass is 432 g/mol. The molecule has 0 aromatic heterocycles. The molecule has 2 rings (SSSR count). The minimum atomic E-state index is -3.55. The number of aryl methyl sites for hydroxylation is 1. The van der Waals surface area contributed by atoms with Crippen molar-refractivity contribution >= 4 is 18.1 Å². The lowest BCUT2D eigenvalue weighted by atomic mass is 10.1. The van der Waals surface area contributed by atoms with Gasteiger partial charge in [-0.1, -0.05) is 59.2 Å². The fourth-order valence-corrected chi connectivity index (χ4v) is 13.7. The Balaban J connectivity index is 2.54. The topological polar surface area (TPSA) is 61.2 Å². The molecule has 1 aromatic rings. The number of nitrogens with zero attached hydrogens (tertiary/aromatic N) is 2. The van der Waals surface area contributed by atoms with Crippen LogP contribution in [0, 0.1) is 18.3 Å². The van der Waals surface area contributed by atoms with Crippen molar-refractivity contribution in [2.75, 3.05) is 13.1 Å². The van der Waals surface area contributed by atoms with Gasteiger partial charge in [-0.15, -0.1) is 0 Å². The number of hydrogen-bond donors (Lipinski definition) is 0. The van der Waals surface area contributed by atoms with E-state index in [4.69, 9.17) is 0 Å². The van der Waals surface area contributed by atoms with Gasteiger partial charge in [0, 0.05) is 18.3 Å². The van der Waals surface area contributed by atoms with Crippen molar-refractivity contribution in [3.05, 3.63) is 40.6 Å². The van der Waals surface area contributed by atoms with Gasteiger partial charge in [0.15, 0.2) is 0 Å². The summed E-state index contributed by atoms with van der Waals surface area (Å²) in [6.45, 7) is 16.3. The lowest BCUT2D eigenvalue weighted by Gasteiger charge is -2.44. The predicted molar refractivity (Wildman–Crippen MR) is 123 cm³/mol. The number of sulfonamides is 1. The average Bonchev–Trinajstić information content (AvgIpc) is 2.65. The molecule has 1 aliphatic rings. The summed E-state index contributed by atoms with van der Waals surface area (Å²) in [6, 6.07) is 9.64. The number of benzene rings is 1. The number of rotatable bonds is 6. The molecule has 1 aliphatic heterocycles. The van der Waals surface area contributed by atoms with E-state index in [1.54, 1.807) is 16.4 Å². The second-order valence-electron chi connectivity index (χ2n) is 9.24. The predicted octanol–water partition coefficient (Wildman–Crippen LogP) is 5.82. The second kappa shape index (κ2) is 9.16. The van der Waals surface area contributed by atoms with Gasteiger partial charge in [0.05, 0.1) is 11.0 Å². The normalized spacial score (nSPS) is 18.4. The lowest BCUT2D eigenvalue weighted by Crippen LogP contribution is -2.48. The largest absolute Gasteiger partial charge is 0.243 e. The van der Waals surface area contributed by atoms with Crippen molar-refractivity contribution in [3.63, 3.8) is 0 Å². The second-order valence-corrected chi connectivity index (χ2v) is 17.0. The molecular weight excluding hydrogens is 396 g/mol. The molecule has 0 saturated carbocycles. The van der Waals surface area contributed by atoms with E-state index in [0.29, 0.717) is 34.6 Å². The fourth-order valence-electron chi connectivity index (χ4n) is 5.46. The molecule has 0 amide bonds. The minimum absolute atomic E-state index is 0.336. The molecule has 1 fully saturated rings. The van der Waals surface area contributed by atoms with Crippen LogP contribution in [0.1, 0.15) is 59.9 Å². The van der Waals surface area contributed by atoms with E-state index in [0.717, 1.165) is 29.2 Å². The molecular formula is C23H36N2O2SSi. The fraction of sp³-hybridized carbons (Fsp3) is 0.609. The lowest BCUT2D eigenvalue weighted by molar-refractivity contribution is 0.394. The van der Waals surface area contributed by atoms with Crippen LogP contribution in [0.15, 0.2) is 39.9 Å². The van der Waals surface area contributed by atoms with E-state index >= 15 is 0 Å². The van der Waals surface area contributed by atoms with Crippen molar-refractivity contribution in [2.45, 2.75) is 82.8 Å². The zero-order chi connectivity index (χ0) is 22.0. The van der Waals surface area contributed by atoms with Gasteiger partial charge in [-0.05, 0) is 54.1 Å². The summed E-state index contributed by atoms with van der Waals surface area (Å²) in [4.78, 5) is 0.336. The van der Waals surface area contributed by atoms with Crippen LogP contribution in [0.3, 0.4) is 0 Å². The van der Waals surface area contributed by atoms with Gasteiger partial charge < -0.3 is 0 Å². The van der Waals surface area contributed by atoms with Crippen molar-refractivity contribution in [2.24, 2.45) is 0 Å². The summed E-state index contributed by atoms with van der Waals surface area (Å²) in [5, 5.41) is 11.2. The van der Waals surface area contributed by atoms with Crippen LogP contribution in [0.4, 0.5) is 0 Å². The van der Waals surface area contributed by atoms with E-state index in [2.05, 4.69) is 47.6 Å². The molecule has 0 unspecified atom stereocenters. The summed E-state index contributed by atoms with van der Waals surface area (Å²) >= 11 is 0. The molecule has 160 valence electrons. The van der Waals surface area contributed by atoms with E-state index in [-0.39, 0.29) is 0 Å². The molecule has 0 radical (unpaired) electrons. The molecule has 29 heavy (non-hydrogen) atoms. The van der Waals surface area contributed by atoms with Crippen molar-refractivity contribution < 1.29 is 8.42 Å². The highest BCUT2D eigenvalue weighted by molar-refractivity contribution is 7.89. The van der Waals surface area contributed by atoms with Gasteiger partial charge in [-0.2, -0.15) is 9.57 Å². The smallest absolute Gasteiger partial charge is 0.207 e. The van der Waals surface area contributed by atoms with Gasteiger partial charge >= 0.3 is 0 Å². The van der Waals surface area contributed by atoms with Crippen molar-refractivity contribution in [3.8, 4) is 6.07 Å². The zero-order valence-corrected chi connectivity index (χ0v) is 20.8. The summed E-state index contributed by atoms with van der Waals surface area (Å²) in [5.41, 5.74) is 3.37. The maximum absolute atomic E-state index is 13.2. The highest BCUT2D eigenvalue weighted by atomic mass is 32.2. The molecule has 1 heterocycles. The zero-order valence-electron chi connectivity index (χ0n) is 19.0. The van der Waals surface area contributed by atoms with Crippen LogP contribution in [0.5, 0.6) is 0 Å². The Hall–Kier alpha value is -1.42. The molecule has 1 aromatic carbocycles. The first-order chi connectivity index (χ1) is 13.5. The standard InChI is InChI=1S/C23H36N2O2SSi/c1-17(2)29(18(3)4,19(5)6)23(15-24)21-9-8-14-25(16-21)28(26,27)22-12-10-20(7)11-13-22/h10-13,17-19H,8-9,14,16H2,1-7H3/b23-21+. The minimum Gasteiger partial charge on any atom is -0.207 e. The summed E-state index contributed by atoms with van der Waals surface area (Å²) in [7, 11) is -5.68. The number of allylic oxidation sites excluding steroid dienone is 1. The van der Waals surface area contributed by atoms with Crippen LogP contribution in [0.2, 0.25) is 16.6 Å². The molecule has 0 aliphatic carbocycles. The molecule has 6 heteroatoms. The van der Waals surface area contributed by atoms with Crippen LogP contribution < -0.4 is 0 Å². The van der Waals surface area contributed by atoms with Crippen molar-refractivity contribution in [1.82, 2.24) is 4.31 Å². The van der Waals surface area contributed by atoms with E-state index in [1.807, 2.05) is 19.1 Å². The number of hydrogen-bond acceptors (Lipinski definition) is 3. The van der Waals surface area contributed by atoms with Gasteiger partial charge in [0.25, 0.3) is 0 Å². The Labute approximate surface area is 178 Å². The van der Waals surface area contributed by atoms with Crippen LogP contribution >= 0.6 is 0 Å². The van der Waals surface area contributed by atoms with Crippen molar-refractivity contribution in [1.29, 1.82) is 5.26 Å². The third-order valence-corrected chi connectivity index (χ3v) is 15.6. The third kappa shape index (κ3) is 4.37. The SMILES string of the molecule is Cc1ccc(S(=O)(=O)N2CCC/C(=C(/C#N)[Si](C(C)C)(C(C)C)C(C)C)C2)cc1. The molecule has 4 nitrogen and oxygen atoms in total. The first-order valence-corrected chi connectivity index (χ1v) is 14.4. The quantitative estimate of drug-likeness (QED) is 0.420.